The predicted octanol–water partition coefficient (Wildman–Crippen LogP) is 2.91. The summed E-state index contributed by atoms with van der Waals surface area (Å²) in [4.78, 5) is 2.82. The Labute approximate surface area is 162 Å². The summed E-state index contributed by atoms with van der Waals surface area (Å²) in [6.45, 7) is 1.04. The molecule has 1 aliphatic rings. The Morgan fingerprint density at radius 2 is 1.63 bits per heavy atom. The summed E-state index contributed by atoms with van der Waals surface area (Å²) >= 11 is 5.13. The van der Waals surface area contributed by atoms with Gasteiger partial charge in [0, 0.05) is 18.7 Å². The van der Waals surface area contributed by atoms with Crippen LogP contribution in [0.25, 0.3) is 11.1 Å². The third kappa shape index (κ3) is 3.45. The number of nitrogen functional groups attached to an aromatic ring is 1. The van der Waals surface area contributed by atoms with Gasteiger partial charge in [0.15, 0.2) is 0 Å². The average molecular weight is 400 g/mol. The van der Waals surface area contributed by atoms with Gasteiger partial charge >= 0.3 is 0 Å². The number of pyridine rings is 1. The van der Waals surface area contributed by atoms with Crippen molar-refractivity contribution in [3.8, 4) is 23.3 Å². The van der Waals surface area contributed by atoms with E-state index in [0.29, 0.717) is 24.2 Å². The summed E-state index contributed by atoms with van der Waals surface area (Å²) in [5.74, 6) is 0.0708. The van der Waals surface area contributed by atoms with Crippen LogP contribution in [0, 0.1) is 27.3 Å². The molecule has 7 nitrogen and oxygen atoms in total. The number of H-pyrrole nitrogens is 1. The van der Waals surface area contributed by atoms with Gasteiger partial charge in [0.2, 0.25) is 10.0 Å². The number of benzene rings is 1. The quantitative estimate of drug-likeness (QED) is 0.764. The molecular formula is C18H17N5O2S2. The summed E-state index contributed by atoms with van der Waals surface area (Å²) in [5, 5.41) is 18.9. The van der Waals surface area contributed by atoms with E-state index in [-0.39, 0.29) is 26.5 Å². The zero-order valence-electron chi connectivity index (χ0n) is 14.4. The zero-order chi connectivity index (χ0) is 19.6. The van der Waals surface area contributed by atoms with Crippen LogP contribution in [0.5, 0.6) is 0 Å². The maximum absolute atomic E-state index is 12.8. The van der Waals surface area contributed by atoms with Crippen LogP contribution in [-0.4, -0.2) is 30.8 Å². The molecular weight excluding hydrogens is 382 g/mol. The van der Waals surface area contributed by atoms with E-state index in [1.807, 2.05) is 12.1 Å². The lowest BCUT2D eigenvalue weighted by Crippen LogP contribution is -2.35. The van der Waals surface area contributed by atoms with Crippen LogP contribution < -0.4 is 5.73 Å². The van der Waals surface area contributed by atoms with E-state index in [4.69, 9.17) is 18.0 Å². The van der Waals surface area contributed by atoms with Gasteiger partial charge in [0.05, 0.1) is 10.5 Å². The molecule has 2 heterocycles. The Bertz CT molecular complexity index is 1120. The molecule has 2 aromatic rings. The zero-order valence-corrected chi connectivity index (χ0v) is 16.0. The molecule has 0 unspecified atom stereocenters. The van der Waals surface area contributed by atoms with Crippen molar-refractivity contribution in [3.63, 3.8) is 0 Å². The number of nitrogens with one attached hydrogen (secondary N) is 1. The van der Waals surface area contributed by atoms with Crippen LogP contribution in [-0.2, 0) is 10.0 Å². The molecule has 9 heteroatoms. The second-order valence-electron chi connectivity index (χ2n) is 6.21. The Morgan fingerprint density at radius 3 is 2.19 bits per heavy atom. The van der Waals surface area contributed by atoms with Gasteiger partial charge in [0.1, 0.15) is 28.2 Å². The van der Waals surface area contributed by atoms with Gasteiger partial charge in [-0.3, -0.25) is 0 Å². The second kappa shape index (κ2) is 7.49. The molecule has 1 aromatic heterocycles. The average Bonchev–Trinajstić information content (AvgIpc) is 2.68. The Morgan fingerprint density at radius 1 is 1.04 bits per heavy atom. The first-order chi connectivity index (χ1) is 12.9. The Kier molecular flexibility index (Phi) is 5.29. The van der Waals surface area contributed by atoms with Crippen molar-refractivity contribution in [2.45, 2.75) is 24.2 Å². The number of nitriles is 2. The number of hydrogen-bond acceptors (Lipinski definition) is 6. The molecule has 0 amide bonds. The molecule has 0 spiro atoms. The molecule has 0 atom stereocenters. The van der Waals surface area contributed by atoms with Crippen molar-refractivity contribution >= 4 is 28.1 Å². The molecule has 138 valence electrons. The minimum atomic E-state index is -3.56. The fourth-order valence-corrected chi connectivity index (χ4v) is 4.95. The Balaban J connectivity index is 2.09. The molecule has 27 heavy (non-hydrogen) atoms. The molecule has 1 aromatic carbocycles. The second-order valence-corrected chi connectivity index (χ2v) is 8.55. The van der Waals surface area contributed by atoms with Crippen LogP contribution in [0.15, 0.2) is 29.2 Å². The minimum absolute atomic E-state index is 0.0708. The monoisotopic (exact) mass is 399 g/mol. The van der Waals surface area contributed by atoms with Crippen molar-refractivity contribution in [1.82, 2.24) is 9.29 Å². The number of hydrogen-bond donors (Lipinski definition) is 2. The maximum Gasteiger partial charge on any atom is 0.243 e. The molecule has 1 aliphatic heterocycles. The molecule has 3 rings (SSSR count). The number of anilines is 1. The van der Waals surface area contributed by atoms with Crippen molar-refractivity contribution in [2.24, 2.45) is 0 Å². The summed E-state index contributed by atoms with van der Waals surface area (Å²) in [5.41, 5.74) is 6.88. The smallest absolute Gasteiger partial charge is 0.243 e. The van der Waals surface area contributed by atoms with Crippen molar-refractivity contribution in [3.05, 3.63) is 40.0 Å². The highest BCUT2D eigenvalue weighted by molar-refractivity contribution is 7.89. The lowest BCUT2D eigenvalue weighted by molar-refractivity contribution is 0.346. The van der Waals surface area contributed by atoms with Gasteiger partial charge in [-0.15, -0.1) is 0 Å². The first-order valence-electron chi connectivity index (χ1n) is 8.36. The highest BCUT2D eigenvalue weighted by Gasteiger charge is 2.26. The van der Waals surface area contributed by atoms with E-state index >= 15 is 0 Å². The lowest BCUT2D eigenvalue weighted by atomic mass is 9.97. The number of aromatic amines is 1. The Hall–Kier alpha value is -2.72. The van der Waals surface area contributed by atoms with E-state index in [1.54, 1.807) is 12.1 Å². The van der Waals surface area contributed by atoms with Gasteiger partial charge in [-0.2, -0.15) is 14.8 Å². The predicted molar refractivity (Wildman–Crippen MR) is 104 cm³/mol. The van der Waals surface area contributed by atoms with Crippen LogP contribution in [0.4, 0.5) is 5.82 Å². The number of rotatable bonds is 3. The van der Waals surface area contributed by atoms with E-state index in [1.165, 1.54) is 16.4 Å². The largest absolute Gasteiger partial charge is 0.384 e. The lowest BCUT2D eigenvalue weighted by Gasteiger charge is -2.25. The fourth-order valence-electron chi connectivity index (χ4n) is 3.18. The van der Waals surface area contributed by atoms with Crippen molar-refractivity contribution < 1.29 is 8.42 Å². The summed E-state index contributed by atoms with van der Waals surface area (Å²) in [6, 6.07) is 10.1. The van der Waals surface area contributed by atoms with Crippen LogP contribution in [0.3, 0.4) is 0 Å². The van der Waals surface area contributed by atoms with Gasteiger partial charge in [0.25, 0.3) is 0 Å². The summed E-state index contributed by atoms with van der Waals surface area (Å²) < 4.78 is 27.2. The molecule has 1 saturated heterocycles. The summed E-state index contributed by atoms with van der Waals surface area (Å²) in [7, 11) is -3.56. The van der Waals surface area contributed by atoms with Gasteiger partial charge < -0.3 is 10.7 Å². The SMILES string of the molecule is N#Cc1c(N)[nH]c(=S)c(C#N)c1-c1ccc(S(=O)(=O)N2CCCCC2)cc1. The van der Waals surface area contributed by atoms with E-state index < -0.39 is 10.0 Å². The van der Waals surface area contributed by atoms with Gasteiger partial charge in [-0.1, -0.05) is 30.8 Å². The van der Waals surface area contributed by atoms with Crippen molar-refractivity contribution in [1.29, 1.82) is 10.5 Å². The molecule has 1 fully saturated rings. The fraction of sp³-hybridized carbons (Fsp3) is 0.278. The van der Waals surface area contributed by atoms with E-state index in [0.717, 1.165) is 19.3 Å². The van der Waals surface area contributed by atoms with Crippen LogP contribution in [0.2, 0.25) is 0 Å². The molecule has 3 N–H and O–H groups in total. The number of piperidine rings is 1. The third-order valence-corrected chi connectivity index (χ3v) is 6.78. The summed E-state index contributed by atoms with van der Waals surface area (Å²) in [6.07, 6.45) is 2.75. The molecule has 0 aliphatic carbocycles. The highest BCUT2D eigenvalue weighted by Crippen LogP contribution is 2.31. The van der Waals surface area contributed by atoms with Gasteiger partial charge in [-0.05, 0) is 30.5 Å². The van der Waals surface area contributed by atoms with Crippen molar-refractivity contribution in [2.75, 3.05) is 18.8 Å². The van der Waals surface area contributed by atoms with E-state index in [2.05, 4.69) is 4.98 Å². The van der Waals surface area contributed by atoms with Crippen LogP contribution in [0.1, 0.15) is 30.4 Å². The minimum Gasteiger partial charge on any atom is -0.384 e. The van der Waals surface area contributed by atoms with E-state index in [9.17, 15) is 18.9 Å². The molecule has 0 radical (unpaired) electrons. The molecule has 0 bridgehead atoms. The normalized spacial score (nSPS) is 15.0. The number of sulfonamides is 1. The topological polar surface area (TPSA) is 127 Å². The maximum atomic E-state index is 12.8. The number of nitrogens with zero attached hydrogens (tertiary/aromatic N) is 3. The number of aromatic nitrogens is 1. The first-order valence-corrected chi connectivity index (χ1v) is 10.2. The van der Waals surface area contributed by atoms with Gasteiger partial charge in [-0.25, -0.2) is 8.42 Å². The van der Waals surface area contributed by atoms with Crippen LogP contribution >= 0.6 is 12.2 Å². The standard InChI is InChI=1S/C18H17N5O2S2/c19-10-14-16(15(11-20)18(26)22-17(14)21)12-4-6-13(7-5-12)27(24,25)23-8-2-1-3-9-23/h4-7H,1-3,8-9H2,(H3,21,22,26). The first kappa shape index (κ1) is 19.1. The molecule has 0 saturated carbocycles. The third-order valence-electron chi connectivity index (χ3n) is 4.56. The highest BCUT2D eigenvalue weighted by atomic mass is 32.2. The number of nitrogens with two attached hydrogens (primary N) is 1.